The summed E-state index contributed by atoms with van der Waals surface area (Å²) in [6.45, 7) is 2.08. The van der Waals surface area contributed by atoms with Crippen molar-refractivity contribution in [2.24, 2.45) is 0 Å². The van der Waals surface area contributed by atoms with Crippen molar-refractivity contribution in [3.8, 4) is 0 Å². The third-order valence-electron chi connectivity index (χ3n) is 4.97. The van der Waals surface area contributed by atoms with Crippen LogP contribution in [-0.2, 0) is 16.0 Å². The average molecular weight is 364 g/mol. The van der Waals surface area contributed by atoms with Crippen molar-refractivity contribution in [3.63, 3.8) is 0 Å². The fraction of sp³-hybridized carbons (Fsp3) is 0.286. The lowest BCUT2D eigenvalue weighted by Crippen LogP contribution is -2.32. The Morgan fingerprint density at radius 2 is 1.81 bits per heavy atom. The first-order chi connectivity index (χ1) is 13.3. The van der Waals surface area contributed by atoms with E-state index >= 15 is 0 Å². The minimum absolute atomic E-state index is 0.0902. The van der Waals surface area contributed by atoms with Crippen LogP contribution in [0.3, 0.4) is 0 Å². The number of hydrogen-bond acceptors (Lipinski definition) is 3. The topological polar surface area (TPSA) is 36.3 Å². The number of halogens is 1. The molecule has 0 saturated carbocycles. The highest BCUT2D eigenvalue weighted by Gasteiger charge is 2.23. The van der Waals surface area contributed by atoms with E-state index in [4.69, 9.17) is 9.47 Å². The Morgan fingerprint density at radius 1 is 1.07 bits per heavy atom. The number of rotatable bonds is 7. The maximum Gasteiger partial charge on any atom is 0.217 e. The third-order valence-corrected chi connectivity index (χ3v) is 4.97. The van der Waals surface area contributed by atoms with Crippen LogP contribution in [0, 0.1) is 5.82 Å². The fourth-order valence-electron chi connectivity index (χ4n) is 3.58. The molecule has 138 valence electrons. The summed E-state index contributed by atoms with van der Waals surface area (Å²) >= 11 is 0. The summed E-state index contributed by atoms with van der Waals surface area (Å²) in [6, 6.07) is 17.0. The quantitative estimate of drug-likeness (QED) is 0.605. The third kappa shape index (κ3) is 4.29. The molecule has 1 unspecified atom stereocenters. The van der Waals surface area contributed by atoms with E-state index in [9.17, 15) is 4.39 Å². The molecule has 0 N–H and O–H groups in total. The largest absolute Gasteiger partial charge is 0.350 e. The minimum atomic E-state index is -0.183. The van der Waals surface area contributed by atoms with E-state index < -0.39 is 0 Å². The number of benzene rings is 2. The Morgan fingerprint density at radius 3 is 2.59 bits per heavy atom. The molecule has 2 heterocycles. The molecule has 2 aromatic carbocycles. The van der Waals surface area contributed by atoms with E-state index in [1.165, 1.54) is 6.07 Å². The molecule has 4 rings (SSSR count). The lowest BCUT2D eigenvalue weighted by Gasteiger charge is -2.19. The molecule has 0 radical (unpaired) electrons. The van der Waals surface area contributed by atoms with Crippen molar-refractivity contribution >= 4 is 13.0 Å². The molecule has 6 heteroatoms. The summed E-state index contributed by atoms with van der Waals surface area (Å²) in [7, 11) is 0.629. The fourth-order valence-corrected chi connectivity index (χ4v) is 3.58. The van der Waals surface area contributed by atoms with Crippen molar-refractivity contribution in [2.45, 2.75) is 25.1 Å². The maximum absolute atomic E-state index is 14.5. The van der Waals surface area contributed by atoms with Crippen LogP contribution in [0.5, 0.6) is 0 Å². The lowest BCUT2D eigenvalue weighted by atomic mass is 9.58. The van der Waals surface area contributed by atoms with Crippen molar-refractivity contribution < 1.29 is 13.9 Å². The van der Waals surface area contributed by atoms with Gasteiger partial charge in [-0.3, -0.25) is 4.98 Å². The standard InChI is InChI=1S/C21H22BFN2O2/c23-18-9-5-4-8-17(18)20(16-6-2-1-3-7-16)22-21-24-11-13-25(21)12-10-19-26-14-15-27-19/h1-9,11,13,19-20,22H,10,12,14-15H2. The van der Waals surface area contributed by atoms with Crippen molar-refractivity contribution in [2.75, 3.05) is 13.2 Å². The molecule has 0 bridgehead atoms. The Labute approximate surface area is 159 Å². The molecule has 1 fully saturated rings. The predicted molar refractivity (Wildman–Crippen MR) is 104 cm³/mol. The van der Waals surface area contributed by atoms with Crippen LogP contribution >= 0.6 is 0 Å². The number of hydrogen-bond donors (Lipinski definition) is 0. The first-order valence-electron chi connectivity index (χ1n) is 9.34. The second kappa shape index (κ2) is 8.50. The van der Waals surface area contributed by atoms with Crippen molar-refractivity contribution in [3.05, 3.63) is 83.9 Å². The first kappa shape index (κ1) is 18.0. The highest BCUT2D eigenvalue weighted by molar-refractivity contribution is 6.54. The predicted octanol–water partition coefficient (Wildman–Crippen LogP) is 2.64. The Bertz CT molecular complexity index is 865. The molecule has 1 atom stereocenters. The Balaban J connectivity index is 1.57. The van der Waals surface area contributed by atoms with Crippen molar-refractivity contribution in [1.29, 1.82) is 0 Å². The van der Waals surface area contributed by atoms with Crippen LogP contribution < -0.4 is 5.72 Å². The van der Waals surface area contributed by atoms with Crippen LogP contribution in [0.2, 0.25) is 0 Å². The smallest absolute Gasteiger partial charge is 0.217 e. The molecular weight excluding hydrogens is 342 g/mol. The van der Waals surface area contributed by atoms with Crippen LogP contribution in [0.4, 0.5) is 4.39 Å². The summed E-state index contributed by atoms with van der Waals surface area (Å²) in [6.07, 6.45) is 4.40. The van der Waals surface area contributed by atoms with Gasteiger partial charge < -0.3 is 14.0 Å². The van der Waals surface area contributed by atoms with Gasteiger partial charge in [-0.25, -0.2) is 4.39 Å². The molecule has 0 aliphatic carbocycles. The van der Waals surface area contributed by atoms with Gasteiger partial charge in [-0.2, -0.15) is 0 Å². The van der Waals surface area contributed by atoms with E-state index in [1.807, 2.05) is 48.7 Å². The van der Waals surface area contributed by atoms with Gasteiger partial charge in [0.05, 0.1) is 18.9 Å². The summed E-state index contributed by atoms with van der Waals surface area (Å²) < 4.78 is 27.7. The van der Waals surface area contributed by atoms with Crippen LogP contribution in [0.1, 0.15) is 23.4 Å². The molecule has 1 aliphatic rings. The van der Waals surface area contributed by atoms with E-state index in [-0.39, 0.29) is 17.9 Å². The van der Waals surface area contributed by atoms with Gasteiger partial charge in [0.25, 0.3) is 0 Å². The zero-order chi connectivity index (χ0) is 18.5. The van der Waals surface area contributed by atoms with Gasteiger partial charge in [0.2, 0.25) is 7.28 Å². The summed E-state index contributed by atoms with van der Waals surface area (Å²) in [4.78, 5) is 4.54. The average Bonchev–Trinajstić information content (AvgIpc) is 3.37. The molecule has 0 spiro atoms. The highest BCUT2D eigenvalue weighted by atomic mass is 19.1. The molecule has 0 amide bonds. The van der Waals surface area contributed by atoms with Gasteiger partial charge in [0.15, 0.2) is 6.29 Å². The van der Waals surface area contributed by atoms with Gasteiger partial charge in [0, 0.05) is 25.4 Å². The monoisotopic (exact) mass is 364 g/mol. The SMILES string of the molecule is Fc1ccccc1C(Bc1nccn1CCC1OCCO1)c1ccccc1. The van der Waals surface area contributed by atoms with Gasteiger partial charge in [0.1, 0.15) is 5.82 Å². The van der Waals surface area contributed by atoms with E-state index in [2.05, 4.69) is 9.55 Å². The number of aryl methyl sites for hydroxylation is 1. The van der Waals surface area contributed by atoms with E-state index in [1.54, 1.807) is 12.3 Å². The van der Waals surface area contributed by atoms with Crippen LogP contribution in [0.15, 0.2) is 67.0 Å². The highest BCUT2D eigenvalue weighted by Crippen LogP contribution is 2.25. The zero-order valence-electron chi connectivity index (χ0n) is 15.1. The molecule has 4 nitrogen and oxygen atoms in total. The van der Waals surface area contributed by atoms with Crippen LogP contribution in [-0.4, -0.2) is 36.3 Å². The number of aromatic nitrogens is 2. The maximum atomic E-state index is 14.5. The molecular formula is C21H22BFN2O2. The number of nitrogens with zero attached hydrogens (tertiary/aromatic N) is 2. The lowest BCUT2D eigenvalue weighted by molar-refractivity contribution is -0.0489. The number of ether oxygens (including phenoxy) is 2. The van der Waals surface area contributed by atoms with Crippen LogP contribution in [0.25, 0.3) is 0 Å². The van der Waals surface area contributed by atoms with Gasteiger partial charge in [-0.1, -0.05) is 48.5 Å². The zero-order valence-corrected chi connectivity index (χ0v) is 15.1. The Kier molecular flexibility index (Phi) is 5.65. The van der Waals surface area contributed by atoms with Gasteiger partial charge >= 0.3 is 0 Å². The molecule has 27 heavy (non-hydrogen) atoms. The van der Waals surface area contributed by atoms with Gasteiger partial charge in [-0.15, -0.1) is 0 Å². The molecule has 3 aromatic rings. The molecule has 1 aromatic heterocycles. The second-order valence-corrected chi connectivity index (χ2v) is 6.69. The summed E-state index contributed by atoms with van der Waals surface area (Å²) in [5.41, 5.74) is 2.71. The normalized spacial score (nSPS) is 15.7. The summed E-state index contributed by atoms with van der Waals surface area (Å²) in [5.74, 6) is -0.273. The Hall–Kier alpha value is -2.44. The minimum Gasteiger partial charge on any atom is -0.350 e. The van der Waals surface area contributed by atoms with E-state index in [0.29, 0.717) is 26.1 Å². The van der Waals surface area contributed by atoms with E-state index in [0.717, 1.165) is 24.3 Å². The molecule has 1 saturated heterocycles. The van der Waals surface area contributed by atoms with Gasteiger partial charge in [-0.05, 0) is 23.0 Å². The first-order valence-corrected chi connectivity index (χ1v) is 9.34. The number of imidazole rings is 1. The van der Waals surface area contributed by atoms with Crippen molar-refractivity contribution in [1.82, 2.24) is 9.55 Å². The second-order valence-electron chi connectivity index (χ2n) is 6.69. The summed E-state index contributed by atoms with van der Waals surface area (Å²) in [5, 5.41) is 0. The molecule has 1 aliphatic heterocycles.